The van der Waals surface area contributed by atoms with E-state index in [2.05, 4.69) is 15.2 Å². The summed E-state index contributed by atoms with van der Waals surface area (Å²) in [6, 6.07) is 13.9. The highest BCUT2D eigenvalue weighted by Crippen LogP contribution is 2.27. The van der Waals surface area contributed by atoms with Crippen molar-refractivity contribution in [1.82, 2.24) is 4.98 Å². The van der Waals surface area contributed by atoms with Crippen molar-refractivity contribution >= 4 is 40.3 Å². The number of oxazole rings is 1. The molecule has 1 N–H and O–H groups in total. The molecule has 3 aromatic rings. The Morgan fingerprint density at radius 1 is 1.23 bits per heavy atom. The predicted octanol–water partition coefficient (Wildman–Crippen LogP) is 4.64. The molecule has 1 aromatic heterocycles. The van der Waals surface area contributed by atoms with Gasteiger partial charge in [-0.15, -0.1) is 0 Å². The maximum atomic E-state index is 12.6. The van der Waals surface area contributed by atoms with E-state index in [0.29, 0.717) is 11.0 Å². The van der Waals surface area contributed by atoms with Gasteiger partial charge in [-0.1, -0.05) is 23.7 Å². The molecular weight excluding hydrogens is 350 g/mol. The Labute approximate surface area is 157 Å². The highest BCUT2D eigenvalue weighted by Gasteiger charge is 2.27. The molecule has 5 nitrogen and oxygen atoms in total. The van der Waals surface area contributed by atoms with Crippen LogP contribution in [0.5, 0.6) is 0 Å². The molecule has 2 aromatic carbocycles. The molecule has 6 heteroatoms. The van der Waals surface area contributed by atoms with E-state index >= 15 is 0 Å². The van der Waals surface area contributed by atoms with Gasteiger partial charge in [0.25, 0.3) is 6.01 Å². The number of rotatable bonds is 3. The molecule has 0 aliphatic carbocycles. The lowest BCUT2D eigenvalue weighted by Gasteiger charge is -2.30. The van der Waals surface area contributed by atoms with Gasteiger partial charge in [0.2, 0.25) is 5.91 Å². The number of nitrogens with zero attached hydrogens (tertiary/aromatic N) is 2. The number of piperidine rings is 1. The summed E-state index contributed by atoms with van der Waals surface area (Å²) in [7, 11) is 0. The van der Waals surface area contributed by atoms with Crippen molar-refractivity contribution in [3.05, 3.63) is 53.1 Å². The third-order valence-electron chi connectivity index (χ3n) is 4.87. The number of aromatic nitrogens is 1. The second-order valence-electron chi connectivity index (χ2n) is 6.67. The first-order chi connectivity index (χ1) is 12.6. The first-order valence-electron chi connectivity index (χ1n) is 8.78. The molecule has 0 bridgehead atoms. The average molecular weight is 370 g/mol. The molecule has 2 heterocycles. The van der Waals surface area contributed by atoms with Crippen LogP contribution in [0.25, 0.3) is 11.1 Å². The van der Waals surface area contributed by atoms with E-state index in [1.807, 2.05) is 43.3 Å². The number of para-hydroxylation sites is 2. The number of amides is 1. The van der Waals surface area contributed by atoms with Gasteiger partial charge in [0.1, 0.15) is 5.52 Å². The molecule has 4 rings (SSSR count). The number of carbonyl (C=O) groups excluding carboxylic acids is 1. The van der Waals surface area contributed by atoms with E-state index in [1.165, 1.54) is 0 Å². The van der Waals surface area contributed by atoms with Crippen LogP contribution < -0.4 is 10.2 Å². The van der Waals surface area contributed by atoms with Gasteiger partial charge in [-0.2, -0.15) is 4.98 Å². The maximum Gasteiger partial charge on any atom is 0.298 e. The van der Waals surface area contributed by atoms with Gasteiger partial charge >= 0.3 is 0 Å². The second kappa shape index (κ2) is 7.00. The van der Waals surface area contributed by atoms with E-state index in [0.717, 1.165) is 48.3 Å². The topological polar surface area (TPSA) is 58.4 Å². The summed E-state index contributed by atoms with van der Waals surface area (Å²) < 4.78 is 5.83. The molecule has 26 heavy (non-hydrogen) atoms. The quantitative estimate of drug-likeness (QED) is 0.730. The van der Waals surface area contributed by atoms with Crippen LogP contribution in [0.4, 0.5) is 11.7 Å². The molecular formula is C20H20ClN3O2. The van der Waals surface area contributed by atoms with Crippen molar-refractivity contribution < 1.29 is 9.21 Å². The number of aryl methyl sites for hydroxylation is 1. The zero-order valence-corrected chi connectivity index (χ0v) is 15.3. The lowest BCUT2D eigenvalue weighted by Crippen LogP contribution is -2.38. The van der Waals surface area contributed by atoms with Crippen molar-refractivity contribution in [3.8, 4) is 0 Å². The Morgan fingerprint density at radius 2 is 2.00 bits per heavy atom. The molecule has 0 radical (unpaired) electrons. The third kappa shape index (κ3) is 3.40. The number of hydrogen-bond donors (Lipinski definition) is 1. The second-order valence-corrected chi connectivity index (χ2v) is 7.11. The van der Waals surface area contributed by atoms with Gasteiger partial charge in [-0.25, -0.2) is 0 Å². The SMILES string of the molecule is Cc1cc(Cl)ccc1NC(=O)C1CCN(c2nc3ccccc3o2)CC1. The first kappa shape index (κ1) is 16.9. The van der Waals surface area contributed by atoms with Crippen molar-refractivity contribution in [2.24, 2.45) is 5.92 Å². The number of anilines is 2. The van der Waals surface area contributed by atoms with Gasteiger partial charge in [-0.3, -0.25) is 4.79 Å². The zero-order chi connectivity index (χ0) is 18.1. The van der Waals surface area contributed by atoms with Gasteiger partial charge < -0.3 is 14.6 Å². The normalized spacial score (nSPS) is 15.4. The Hall–Kier alpha value is -2.53. The van der Waals surface area contributed by atoms with Gasteiger partial charge in [0, 0.05) is 29.7 Å². The van der Waals surface area contributed by atoms with Crippen molar-refractivity contribution in [3.63, 3.8) is 0 Å². The number of carbonyl (C=O) groups is 1. The lowest BCUT2D eigenvalue weighted by atomic mass is 9.96. The summed E-state index contributed by atoms with van der Waals surface area (Å²) in [4.78, 5) is 19.2. The summed E-state index contributed by atoms with van der Waals surface area (Å²) >= 11 is 5.97. The zero-order valence-electron chi connectivity index (χ0n) is 14.5. The molecule has 1 amide bonds. The molecule has 0 atom stereocenters. The number of halogens is 1. The lowest BCUT2D eigenvalue weighted by molar-refractivity contribution is -0.120. The largest absolute Gasteiger partial charge is 0.423 e. The minimum Gasteiger partial charge on any atom is -0.423 e. The summed E-state index contributed by atoms with van der Waals surface area (Å²) in [5.74, 6) is 0.0540. The van der Waals surface area contributed by atoms with E-state index in [9.17, 15) is 4.79 Å². The minimum atomic E-state index is -0.00861. The molecule has 0 unspecified atom stereocenters. The standard InChI is InChI=1S/C20H20ClN3O2/c1-13-12-15(21)6-7-16(13)22-19(25)14-8-10-24(11-9-14)20-23-17-4-2-3-5-18(17)26-20/h2-7,12,14H,8-11H2,1H3,(H,22,25). The number of hydrogen-bond acceptors (Lipinski definition) is 4. The number of nitrogens with one attached hydrogen (secondary N) is 1. The van der Waals surface area contributed by atoms with Crippen LogP contribution in [0.1, 0.15) is 18.4 Å². The summed E-state index contributed by atoms with van der Waals surface area (Å²) in [6.07, 6.45) is 1.55. The summed E-state index contributed by atoms with van der Waals surface area (Å²) in [5, 5.41) is 3.70. The van der Waals surface area contributed by atoms with Crippen LogP contribution in [0.3, 0.4) is 0 Å². The first-order valence-corrected chi connectivity index (χ1v) is 9.15. The average Bonchev–Trinajstić information content (AvgIpc) is 3.08. The summed E-state index contributed by atoms with van der Waals surface area (Å²) in [6.45, 7) is 3.45. The monoisotopic (exact) mass is 369 g/mol. The van der Waals surface area contributed by atoms with Crippen LogP contribution in [0.2, 0.25) is 5.02 Å². The fourth-order valence-corrected chi connectivity index (χ4v) is 3.56. The van der Waals surface area contributed by atoms with Gasteiger partial charge in [0.05, 0.1) is 0 Å². The summed E-state index contributed by atoms with van der Waals surface area (Å²) in [5.41, 5.74) is 3.44. The number of benzene rings is 2. The van der Waals surface area contributed by atoms with E-state index < -0.39 is 0 Å². The van der Waals surface area contributed by atoms with Crippen molar-refractivity contribution in [2.45, 2.75) is 19.8 Å². The van der Waals surface area contributed by atoms with E-state index in [-0.39, 0.29) is 11.8 Å². The smallest absolute Gasteiger partial charge is 0.298 e. The highest BCUT2D eigenvalue weighted by molar-refractivity contribution is 6.30. The molecule has 0 spiro atoms. The molecule has 1 saturated heterocycles. The van der Waals surface area contributed by atoms with Crippen molar-refractivity contribution in [2.75, 3.05) is 23.3 Å². The third-order valence-corrected chi connectivity index (χ3v) is 5.10. The molecule has 1 aliphatic heterocycles. The Kier molecular flexibility index (Phi) is 4.55. The molecule has 134 valence electrons. The maximum absolute atomic E-state index is 12.6. The van der Waals surface area contributed by atoms with Crippen LogP contribution in [-0.4, -0.2) is 24.0 Å². The minimum absolute atomic E-state index is 0.00861. The fourth-order valence-electron chi connectivity index (χ4n) is 3.33. The number of fused-ring (bicyclic) bond motifs is 1. The van der Waals surface area contributed by atoms with Crippen molar-refractivity contribution in [1.29, 1.82) is 0 Å². The molecule has 1 aliphatic rings. The predicted molar refractivity (Wildman–Crippen MR) is 104 cm³/mol. The Bertz CT molecular complexity index is 912. The highest BCUT2D eigenvalue weighted by atomic mass is 35.5. The van der Waals surface area contributed by atoms with Crippen LogP contribution in [0.15, 0.2) is 46.9 Å². The van der Waals surface area contributed by atoms with Crippen LogP contribution in [0, 0.1) is 12.8 Å². The fraction of sp³-hybridized carbons (Fsp3) is 0.300. The van der Waals surface area contributed by atoms with E-state index in [1.54, 1.807) is 6.07 Å². The Morgan fingerprint density at radius 3 is 2.73 bits per heavy atom. The van der Waals surface area contributed by atoms with E-state index in [4.69, 9.17) is 16.0 Å². The van der Waals surface area contributed by atoms with Crippen LogP contribution >= 0.6 is 11.6 Å². The molecule has 0 saturated carbocycles. The van der Waals surface area contributed by atoms with Gasteiger partial charge in [0.15, 0.2) is 5.58 Å². The van der Waals surface area contributed by atoms with Crippen LogP contribution in [-0.2, 0) is 4.79 Å². The van der Waals surface area contributed by atoms with Gasteiger partial charge in [-0.05, 0) is 55.7 Å². The Balaban J connectivity index is 1.39. The molecule has 1 fully saturated rings.